The number of β-amino-alcohol motifs (C(OH)–C–C–N with tert-alkyl or cyclic N) is 1. The van der Waals surface area contributed by atoms with Crippen LogP contribution in [-0.4, -0.2) is 28.8 Å². The van der Waals surface area contributed by atoms with E-state index in [1.54, 1.807) is 5.01 Å². The molecule has 0 amide bonds. The number of hydrazine groups is 1. The zero-order valence-corrected chi connectivity index (χ0v) is 6.89. The first-order valence-corrected chi connectivity index (χ1v) is 3.57. The Kier molecular flexibility index (Phi) is 1.54. The minimum Gasteiger partial charge on any atom is -0.388 e. The summed E-state index contributed by atoms with van der Waals surface area (Å²) >= 11 is 0. The van der Waals surface area contributed by atoms with Crippen LogP contribution in [0.3, 0.4) is 0 Å². The third-order valence-corrected chi connectivity index (χ3v) is 2.57. The van der Waals surface area contributed by atoms with Crippen LogP contribution in [0.25, 0.3) is 0 Å². The average molecular weight is 144 g/mol. The Labute approximate surface area is 61.8 Å². The molecule has 0 bridgehead atoms. The topological polar surface area (TPSA) is 49.5 Å². The second-order valence-electron chi connectivity index (χ2n) is 4.06. The molecule has 0 spiro atoms. The van der Waals surface area contributed by atoms with Gasteiger partial charge in [0.1, 0.15) is 0 Å². The fourth-order valence-electron chi connectivity index (χ4n) is 1.34. The van der Waals surface area contributed by atoms with Gasteiger partial charge in [-0.15, -0.1) is 0 Å². The van der Waals surface area contributed by atoms with Crippen molar-refractivity contribution < 1.29 is 5.11 Å². The van der Waals surface area contributed by atoms with E-state index in [0.29, 0.717) is 6.54 Å². The first kappa shape index (κ1) is 7.98. The van der Waals surface area contributed by atoms with Gasteiger partial charge in [-0.25, -0.2) is 5.01 Å². The highest BCUT2D eigenvalue weighted by atomic mass is 16.3. The molecule has 60 valence electrons. The van der Waals surface area contributed by atoms with Crippen molar-refractivity contribution in [2.24, 2.45) is 11.3 Å². The van der Waals surface area contributed by atoms with Crippen LogP contribution in [0, 0.1) is 5.41 Å². The molecule has 3 nitrogen and oxygen atoms in total. The summed E-state index contributed by atoms with van der Waals surface area (Å²) in [5.74, 6) is 5.56. The van der Waals surface area contributed by atoms with Crippen molar-refractivity contribution in [1.82, 2.24) is 5.01 Å². The summed E-state index contributed by atoms with van der Waals surface area (Å²) in [4.78, 5) is 0. The lowest BCUT2D eigenvalue weighted by molar-refractivity contribution is -0.0110. The molecule has 1 fully saturated rings. The summed E-state index contributed by atoms with van der Waals surface area (Å²) in [6.07, 6.45) is 0. The minimum absolute atomic E-state index is 0.0816. The Hall–Kier alpha value is -0.120. The number of nitrogens with two attached hydrogens (primary N) is 1. The quantitative estimate of drug-likeness (QED) is 0.469. The van der Waals surface area contributed by atoms with Gasteiger partial charge in [-0.2, -0.15) is 0 Å². The molecule has 1 saturated heterocycles. The van der Waals surface area contributed by atoms with Crippen molar-refractivity contribution >= 4 is 0 Å². The lowest BCUT2D eigenvalue weighted by atomic mass is 9.79. The number of rotatable bonds is 0. The summed E-state index contributed by atoms with van der Waals surface area (Å²) in [6, 6.07) is 0. The molecule has 0 aromatic rings. The van der Waals surface area contributed by atoms with Crippen molar-refractivity contribution in [3.8, 4) is 0 Å². The van der Waals surface area contributed by atoms with Gasteiger partial charge in [0.2, 0.25) is 0 Å². The molecule has 1 atom stereocenters. The molecule has 0 saturated carbocycles. The molecule has 0 aromatic heterocycles. The largest absolute Gasteiger partial charge is 0.388 e. The molecule has 1 rings (SSSR count). The van der Waals surface area contributed by atoms with Gasteiger partial charge in [-0.05, 0) is 6.92 Å². The van der Waals surface area contributed by atoms with E-state index in [1.807, 2.05) is 20.8 Å². The van der Waals surface area contributed by atoms with Gasteiger partial charge < -0.3 is 5.11 Å². The van der Waals surface area contributed by atoms with Crippen molar-refractivity contribution in [3.63, 3.8) is 0 Å². The second kappa shape index (κ2) is 1.94. The zero-order chi connectivity index (χ0) is 7.99. The van der Waals surface area contributed by atoms with Crippen LogP contribution in [0.1, 0.15) is 20.8 Å². The van der Waals surface area contributed by atoms with Crippen molar-refractivity contribution in [3.05, 3.63) is 0 Å². The number of hydrogen-bond acceptors (Lipinski definition) is 3. The van der Waals surface area contributed by atoms with Gasteiger partial charge in [0, 0.05) is 18.5 Å². The Morgan fingerprint density at radius 2 is 1.80 bits per heavy atom. The van der Waals surface area contributed by atoms with E-state index < -0.39 is 5.60 Å². The first-order valence-electron chi connectivity index (χ1n) is 3.57. The van der Waals surface area contributed by atoms with E-state index in [1.165, 1.54) is 0 Å². The third kappa shape index (κ3) is 1.05. The fraction of sp³-hybridized carbons (Fsp3) is 1.00. The predicted molar refractivity (Wildman–Crippen MR) is 40.2 cm³/mol. The van der Waals surface area contributed by atoms with Gasteiger partial charge in [0.15, 0.2) is 0 Å². The molecule has 0 aromatic carbocycles. The van der Waals surface area contributed by atoms with E-state index in [0.717, 1.165) is 6.54 Å². The van der Waals surface area contributed by atoms with Crippen LogP contribution in [0.15, 0.2) is 0 Å². The van der Waals surface area contributed by atoms with Gasteiger partial charge in [-0.1, -0.05) is 13.8 Å². The zero-order valence-electron chi connectivity index (χ0n) is 6.89. The molecule has 3 heteroatoms. The highest BCUT2D eigenvalue weighted by molar-refractivity contribution is 4.98. The molecule has 0 radical (unpaired) electrons. The van der Waals surface area contributed by atoms with Crippen LogP contribution in [-0.2, 0) is 0 Å². The highest BCUT2D eigenvalue weighted by Gasteiger charge is 2.46. The van der Waals surface area contributed by atoms with E-state index in [4.69, 9.17) is 5.84 Å². The lowest BCUT2D eigenvalue weighted by Gasteiger charge is -2.31. The predicted octanol–water partition coefficient (Wildman–Crippen LogP) is -0.0471. The Bertz CT molecular complexity index is 127. The number of aliphatic hydroxyl groups is 1. The Balaban J connectivity index is 2.78. The number of nitrogens with zero attached hydrogens (tertiary/aromatic N) is 1. The van der Waals surface area contributed by atoms with Gasteiger partial charge in [0.05, 0.1) is 5.60 Å². The summed E-state index contributed by atoms with van der Waals surface area (Å²) in [7, 11) is 0. The minimum atomic E-state index is -0.637. The van der Waals surface area contributed by atoms with Crippen molar-refractivity contribution in [2.75, 3.05) is 13.1 Å². The van der Waals surface area contributed by atoms with Crippen molar-refractivity contribution in [2.45, 2.75) is 26.4 Å². The smallest absolute Gasteiger partial charge is 0.0823 e. The monoisotopic (exact) mass is 144 g/mol. The van der Waals surface area contributed by atoms with E-state index in [9.17, 15) is 5.11 Å². The standard InChI is InChI=1S/C7H16N2O/c1-6(2)4-9(8)5-7(6,3)10/h10H,4-5,8H2,1-3H3. The molecule has 1 heterocycles. The highest BCUT2D eigenvalue weighted by Crippen LogP contribution is 2.36. The van der Waals surface area contributed by atoms with E-state index >= 15 is 0 Å². The Morgan fingerprint density at radius 3 is 1.90 bits per heavy atom. The van der Waals surface area contributed by atoms with Crippen LogP contribution < -0.4 is 5.84 Å². The Morgan fingerprint density at radius 1 is 1.30 bits per heavy atom. The van der Waals surface area contributed by atoms with Gasteiger partial charge in [-0.3, -0.25) is 5.84 Å². The molecule has 0 aliphatic carbocycles. The van der Waals surface area contributed by atoms with Crippen LogP contribution in [0.4, 0.5) is 0 Å². The molecule has 1 unspecified atom stereocenters. The SMILES string of the molecule is CC1(C)CN(N)CC1(C)O. The number of hydrogen-bond donors (Lipinski definition) is 2. The molecular formula is C7H16N2O. The van der Waals surface area contributed by atoms with Gasteiger partial charge >= 0.3 is 0 Å². The molecule has 10 heavy (non-hydrogen) atoms. The third-order valence-electron chi connectivity index (χ3n) is 2.57. The van der Waals surface area contributed by atoms with Crippen molar-refractivity contribution in [1.29, 1.82) is 0 Å². The molecule has 1 aliphatic heterocycles. The van der Waals surface area contributed by atoms with E-state index in [-0.39, 0.29) is 5.41 Å². The molecule has 1 aliphatic rings. The summed E-state index contributed by atoms with van der Waals surface area (Å²) < 4.78 is 0. The lowest BCUT2D eigenvalue weighted by Crippen LogP contribution is -2.40. The van der Waals surface area contributed by atoms with Crippen LogP contribution >= 0.6 is 0 Å². The molecular weight excluding hydrogens is 128 g/mol. The normalized spacial score (nSPS) is 40.5. The first-order chi connectivity index (χ1) is 4.35. The second-order valence-corrected chi connectivity index (χ2v) is 4.06. The molecule has 3 N–H and O–H groups in total. The maximum absolute atomic E-state index is 9.77. The maximum atomic E-state index is 9.77. The average Bonchev–Trinajstić information content (AvgIpc) is 1.73. The van der Waals surface area contributed by atoms with Crippen LogP contribution in [0.2, 0.25) is 0 Å². The van der Waals surface area contributed by atoms with Crippen LogP contribution in [0.5, 0.6) is 0 Å². The summed E-state index contributed by atoms with van der Waals surface area (Å²) in [5.41, 5.74) is -0.719. The van der Waals surface area contributed by atoms with Gasteiger partial charge in [0.25, 0.3) is 0 Å². The fourth-order valence-corrected chi connectivity index (χ4v) is 1.34. The summed E-state index contributed by atoms with van der Waals surface area (Å²) in [6.45, 7) is 7.22. The maximum Gasteiger partial charge on any atom is 0.0823 e. The summed E-state index contributed by atoms with van der Waals surface area (Å²) in [5, 5.41) is 11.4. The van der Waals surface area contributed by atoms with E-state index in [2.05, 4.69) is 0 Å².